The molecule has 0 saturated heterocycles. The number of fused-ring (bicyclic) bond motifs is 1. The number of aryl methyl sites for hydroxylation is 4. The molecule has 0 aliphatic heterocycles. The van der Waals surface area contributed by atoms with Gasteiger partial charge < -0.3 is 0 Å². The van der Waals surface area contributed by atoms with Crippen LogP contribution in [0.5, 0.6) is 0 Å². The van der Waals surface area contributed by atoms with Gasteiger partial charge in [0.05, 0.1) is 0 Å². The lowest BCUT2D eigenvalue weighted by Gasteiger charge is -1.96. The molecule has 6 heteroatoms. The van der Waals surface area contributed by atoms with Gasteiger partial charge in [-0.05, 0) is 19.1 Å². The van der Waals surface area contributed by atoms with Crippen LogP contribution in [0.25, 0.3) is 17.0 Å². The highest BCUT2D eigenvalue weighted by Gasteiger charge is 2.11. The number of rotatable bonds is 4. The Morgan fingerprint density at radius 3 is 2.50 bits per heavy atom. The Morgan fingerprint density at radius 2 is 1.71 bits per heavy atom. The number of aromatic nitrogens is 6. The fraction of sp³-hybridized carbons (Fsp3) is 0.222. The van der Waals surface area contributed by atoms with Crippen molar-refractivity contribution in [3.05, 3.63) is 65.9 Å². The Bertz CT molecular complexity index is 983. The summed E-state index contributed by atoms with van der Waals surface area (Å²) in [6.45, 7) is 2.03. The molecule has 4 aromatic rings. The Hall–Kier alpha value is -3.02. The van der Waals surface area contributed by atoms with Gasteiger partial charge in [0.2, 0.25) is 0 Å². The van der Waals surface area contributed by atoms with Gasteiger partial charge in [-0.15, -0.1) is 0 Å². The van der Waals surface area contributed by atoms with E-state index in [2.05, 4.69) is 20.2 Å². The van der Waals surface area contributed by atoms with Crippen molar-refractivity contribution in [1.82, 2.24) is 29.4 Å². The normalized spacial score (nSPS) is 11.2. The summed E-state index contributed by atoms with van der Waals surface area (Å²) in [6.07, 6.45) is 1.49. The van der Waals surface area contributed by atoms with E-state index in [0.717, 1.165) is 47.2 Å². The van der Waals surface area contributed by atoms with Crippen molar-refractivity contribution in [3.63, 3.8) is 0 Å². The minimum atomic E-state index is 0.738. The van der Waals surface area contributed by atoms with E-state index >= 15 is 0 Å². The molecule has 0 fully saturated rings. The zero-order chi connectivity index (χ0) is 16.5. The Morgan fingerprint density at radius 1 is 0.875 bits per heavy atom. The van der Waals surface area contributed by atoms with E-state index in [1.54, 1.807) is 0 Å². The van der Waals surface area contributed by atoms with Crippen LogP contribution in [0.3, 0.4) is 0 Å². The average Bonchev–Trinajstić information content (AvgIpc) is 3.18. The third-order valence-corrected chi connectivity index (χ3v) is 4.05. The van der Waals surface area contributed by atoms with Gasteiger partial charge in [-0.1, -0.05) is 36.4 Å². The molecule has 4 rings (SSSR count). The zero-order valence-electron chi connectivity index (χ0n) is 13.7. The number of hydrogen-bond donors (Lipinski definition) is 0. The zero-order valence-corrected chi connectivity index (χ0v) is 13.7. The van der Waals surface area contributed by atoms with Gasteiger partial charge in [0, 0.05) is 31.1 Å². The lowest BCUT2D eigenvalue weighted by Crippen LogP contribution is -2.03. The first-order valence-electron chi connectivity index (χ1n) is 7.97. The molecule has 0 N–H and O–H groups in total. The third-order valence-electron chi connectivity index (χ3n) is 4.05. The van der Waals surface area contributed by atoms with Crippen molar-refractivity contribution in [1.29, 1.82) is 0 Å². The molecule has 0 bridgehead atoms. The van der Waals surface area contributed by atoms with Gasteiger partial charge >= 0.3 is 0 Å². The number of hydrogen-bond acceptors (Lipinski definition) is 4. The Labute approximate surface area is 139 Å². The maximum atomic E-state index is 4.66. The monoisotopic (exact) mass is 318 g/mol. The molecule has 0 unspecified atom stereocenters. The van der Waals surface area contributed by atoms with Crippen LogP contribution < -0.4 is 0 Å². The van der Waals surface area contributed by atoms with Crippen molar-refractivity contribution >= 4 is 5.65 Å². The molecule has 0 aliphatic rings. The van der Waals surface area contributed by atoms with Crippen LogP contribution in [0.4, 0.5) is 0 Å². The maximum absolute atomic E-state index is 4.66. The largest absolute Gasteiger partial charge is 0.253 e. The summed E-state index contributed by atoms with van der Waals surface area (Å²) in [5, 5.41) is 9.08. The highest BCUT2D eigenvalue weighted by molar-refractivity contribution is 5.54. The minimum absolute atomic E-state index is 0.738. The van der Waals surface area contributed by atoms with Crippen LogP contribution in [0.2, 0.25) is 0 Å². The van der Waals surface area contributed by atoms with Gasteiger partial charge in [0.25, 0.3) is 0 Å². The van der Waals surface area contributed by atoms with Gasteiger partial charge in [0.15, 0.2) is 17.3 Å². The van der Waals surface area contributed by atoms with Gasteiger partial charge in [-0.25, -0.2) is 14.5 Å². The van der Waals surface area contributed by atoms with Crippen molar-refractivity contribution in [2.75, 3.05) is 0 Å². The van der Waals surface area contributed by atoms with E-state index in [9.17, 15) is 0 Å². The highest BCUT2D eigenvalue weighted by Crippen LogP contribution is 2.15. The van der Waals surface area contributed by atoms with Crippen LogP contribution in [0.15, 0.2) is 48.5 Å². The second-order valence-electron chi connectivity index (χ2n) is 5.81. The summed E-state index contributed by atoms with van der Waals surface area (Å²) < 4.78 is 3.71. The highest BCUT2D eigenvalue weighted by atomic mass is 15.3. The summed E-state index contributed by atoms with van der Waals surface area (Å²) in [4.78, 5) is 9.23. The summed E-state index contributed by atoms with van der Waals surface area (Å²) in [6, 6.07) is 16.0. The first kappa shape index (κ1) is 14.6. The molecule has 24 heavy (non-hydrogen) atoms. The molecule has 0 spiro atoms. The lowest BCUT2D eigenvalue weighted by atomic mass is 10.2. The average molecular weight is 318 g/mol. The van der Waals surface area contributed by atoms with E-state index in [-0.39, 0.29) is 0 Å². The summed E-state index contributed by atoms with van der Waals surface area (Å²) in [5.41, 5.74) is 2.99. The maximum Gasteiger partial charge on any atom is 0.181 e. The van der Waals surface area contributed by atoms with Crippen LogP contribution in [0, 0.1) is 6.92 Å². The predicted octanol–water partition coefficient (Wildman–Crippen LogP) is 2.62. The SMILES string of the molecule is Cc1cccc2nc(CCc3nc(-c4ccccc4)nn3C)nn12. The molecular formula is C18H18N6. The Kier molecular flexibility index (Phi) is 3.57. The standard InChI is InChI=1S/C18H18N6/c1-13-7-6-10-17-19-15(21-24(13)17)11-12-16-20-18(22-23(16)2)14-8-4-3-5-9-14/h3-10H,11-12H2,1-2H3. The van der Waals surface area contributed by atoms with Crippen LogP contribution in [-0.2, 0) is 19.9 Å². The number of nitrogens with zero attached hydrogens (tertiary/aromatic N) is 6. The first-order valence-corrected chi connectivity index (χ1v) is 7.97. The molecule has 120 valence electrons. The van der Waals surface area contributed by atoms with Crippen LogP contribution in [-0.4, -0.2) is 29.4 Å². The molecule has 0 aliphatic carbocycles. The molecule has 0 atom stereocenters. The topological polar surface area (TPSA) is 60.9 Å². The second-order valence-corrected chi connectivity index (χ2v) is 5.81. The predicted molar refractivity (Wildman–Crippen MR) is 91.6 cm³/mol. The van der Waals surface area contributed by atoms with E-state index < -0.39 is 0 Å². The third kappa shape index (κ3) is 2.67. The van der Waals surface area contributed by atoms with Gasteiger partial charge in [-0.3, -0.25) is 4.68 Å². The summed E-state index contributed by atoms with van der Waals surface area (Å²) >= 11 is 0. The van der Waals surface area contributed by atoms with Gasteiger partial charge in [0.1, 0.15) is 5.82 Å². The van der Waals surface area contributed by atoms with E-state index in [1.807, 2.05) is 71.7 Å². The van der Waals surface area contributed by atoms with Crippen molar-refractivity contribution < 1.29 is 0 Å². The summed E-state index contributed by atoms with van der Waals surface area (Å²) in [5.74, 6) is 2.52. The molecule has 3 aromatic heterocycles. The Balaban J connectivity index is 1.55. The smallest absolute Gasteiger partial charge is 0.181 e. The number of benzene rings is 1. The molecular weight excluding hydrogens is 300 g/mol. The molecule has 1 aromatic carbocycles. The minimum Gasteiger partial charge on any atom is -0.253 e. The fourth-order valence-corrected chi connectivity index (χ4v) is 2.75. The number of pyridine rings is 1. The molecule has 0 saturated carbocycles. The molecule has 3 heterocycles. The van der Waals surface area contributed by atoms with Gasteiger partial charge in [-0.2, -0.15) is 10.2 Å². The van der Waals surface area contributed by atoms with E-state index in [0.29, 0.717) is 0 Å². The van der Waals surface area contributed by atoms with Crippen molar-refractivity contribution in [2.24, 2.45) is 7.05 Å². The quantitative estimate of drug-likeness (QED) is 0.580. The fourth-order valence-electron chi connectivity index (χ4n) is 2.75. The lowest BCUT2D eigenvalue weighted by molar-refractivity contribution is 0.683. The van der Waals surface area contributed by atoms with Crippen LogP contribution in [0.1, 0.15) is 17.3 Å². The van der Waals surface area contributed by atoms with Crippen LogP contribution >= 0.6 is 0 Å². The molecule has 0 amide bonds. The first-order chi connectivity index (χ1) is 11.7. The van der Waals surface area contributed by atoms with E-state index in [4.69, 9.17) is 0 Å². The molecule has 0 radical (unpaired) electrons. The molecule has 6 nitrogen and oxygen atoms in total. The second kappa shape index (κ2) is 5.88. The summed E-state index contributed by atoms with van der Waals surface area (Å²) in [7, 11) is 1.93. The van der Waals surface area contributed by atoms with Crippen molar-refractivity contribution in [2.45, 2.75) is 19.8 Å². The van der Waals surface area contributed by atoms with E-state index in [1.165, 1.54) is 0 Å². The van der Waals surface area contributed by atoms with Crippen molar-refractivity contribution in [3.8, 4) is 11.4 Å².